The first kappa shape index (κ1) is 13.7. The number of rotatable bonds is 5. The summed E-state index contributed by atoms with van der Waals surface area (Å²) in [7, 11) is 0. The molecule has 0 saturated carbocycles. The van der Waals surface area contributed by atoms with Crippen molar-refractivity contribution < 1.29 is 0 Å². The Morgan fingerprint density at radius 1 is 1.37 bits per heavy atom. The minimum atomic E-state index is 0.459. The van der Waals surface area contributed by atoms with Gasteiger partial charge in [0.15, 0.2) is 0 Å². The van der Waals surface area contributed by atoms with E-state index >= 15 is 0 Å². The molecule has 0 radical (unpaired) electrons. The Morgan fingerprint density at radius 2 is 2.21 bits per heavy atom. The molecular weight excluding hydrogens is 254 g/mol. The van der Waals surface area contributed by atoms with E-state index in [2.05, 4.69) is 47.3 Å². The van der Waals surface area contributed by atoms with Gasteiger partial charge in [0.1, 0.15) is 11.8 Å². The van der Waals surface area contributed by atoms with E-state index in [4.69, 9.17) is 5.26 Å². The third kappa shape index (κ3) is 3.88. The zero-order valence-electron chi connectivity index (χ0n) is 11.2. The molecule has 0 spiro atoms. The third-order valence-corrected chi connectivity index (χ3v) is 3.86. The fraction of sp³-hybridized carbons (Fsp3) is 0.333. The summed E-state index contributed by atoms with van der Waals surface area (Å²) in [6, 6.07) is 10.6. The highest BCUT2D eigenvalue weighted by atomic mass is 32.1. The fourth-order valence-electron chi connectivity index (χ4n) is 1.89. The summed E-state index contributed by atoms with van der Waals surface area (Å²) in [6.07, 6.45) is 1.71. The van der Waals surface area contributed by atoms with Crippen LogP contribution in [0, 0.1) is 11.3 Å². The highest BCUT2D eigenvalue weighted by Gasteiger charge is 2.12. The van der Waals surface area contributed by atoms with E-state index in [1.165, 1.54) is 4.88 Å². The molecule has 2 aromatic rings. The molecule has 0 saturated heterocycles. The van der Waals surface area contributed by atoms with Gasteiger partial charge in [0.05, 0.1) is 0 Å². The molecule has 0 atom stereocenters. The standard InChI is InChI=1S/C15H17N3S/c1-12(2)18(11-15-4-3-7-19-15)10-13-5-6-17-14(8-13)9-16/h3-8,12H,10-11H2,1-2H3. The number of hydrogen-bond acceptors (Lipinski definition) is 4. The lowest BCUT2D eigenvalue weighted by atomic mass is 10.2. The predicted molar refractivity (Wildman–Crippen MR) is 77.7 cm³/mol. The zero-order chi connectivity index (χ0) is 13.7. The second kappa shape index (κ2) is 6.46. The second-order valence-electron chi connectivity index (χ2n) is 4.74. The monoisotopic (exact) mass is 271 g/mol. The van der Waals surface area contributed by atoms with E-state index in [1.54, 1.807) is 17.5 Å². The van der Waals surface area contributed by atoms with E-state index in [0.29, 0.717) is 11.7 Å². The molecule has 0 amide bonds. The first-order valence-corrected chi connectivity index (χ1v) is 7.18. The molecule has 2 heterocycles. The van der Waals surface area contributed by atoms with E-state index < -0.39 is 0 Å². The summed E-state index contributed by atoms with van der Waals surface area (Å²) >= 11 is 1.78. The molecule has 3 nitrogen and oxygen atoms in total. The normalized spacial score (nSPS) is 10.9. The quantitative estimate of drug-likeness (QED) is 0.836. The van der Waals surface area contributed by atoms with E-state index in [9.17, 15) is 0 Å². The highest BCUT2D eigenvalue weighted by molar-refractivity contribution is 7.09. The van der Waals surface area contributed by atoms with Crippen molar-refractivity contribution in [1.29, 1.82) is 5.26 Å². The highest BCUT2D eigenvalue weighted by Crippen LogP contribution is 2.16. The molecule has 0 fully saturated rings. The van der Waals surface area contributed by atoms with Gasteiger partial charge in [0.2, 0.25) is 0 Å². The van der Waals surface area contributed by atoms with Crippen LogP contribution in [0.2, 0.25) is 0 Å². The van der Waals surface area contributed by atoms with Crippen LogP contribution in [-0.2, 0) is 13.1 Å². The van der Waals surface area contributed by atoms with Crippen molar-refractivity contribution >= 4 is 11.3 Å². The third-order valence-electron chi connectivity index (χ3n) is 2.99. The Labute approximate surface area is 118 Å². The molecule has 98 valence electrons. The topological polar surface area (TPSA) is 39.9 Å². The summed E-state index contributed by atoms with van der Waals surface area (Å²) < 4.78 is 0. The van der Waals surface area contributed by atoms with Gasteiger partial charge in [-0.2, -0.15) is 5.26 Å². The van der Waals surface area contributed by atoms with Gasteiger partial charge in [-0.25, -0.2) is 4.98 Å². The van der Waals surface area contributed by atoms with E-state index in [0.717, 1.165) is 18.7 Å². The summed E-state index contributed by atoms with van der Waals surface area (Å²) in [5, 5.41) is 11.0. The molecule has 0 aliphatic rings. The van der Waals surface area contributed by atoms with Gasteiger partial charge in [-0.1, -0.05) is 6.07 Å². The Hall–Kier alpha value is -1.70. The van der Waals surface area contributed by atoms with Crippen LogP contribution in [0.15, 0.2) is 35.8 Å². The number of hydrogen-bond donors (Lipinski definition) is 0. The molecule has 0 aliphatic heterocycles. The molecular formula is C15H17N3S. The average molecular weight is 271 g/mol. The molecule has 0 bridgehead atoms. The average Bonchev–Trinajstić information content (AvgIpc) is 2.91. The van der Waals surface area contributed by atoms with Crippen LogP contribution in [0.1, 0.15) is 30.0 Å². The van der Waals surface area contributed by atoms with Crippen LogP contribution in [0.4, 0.5) is 0 Å². The van der Waals surface area contributed by atoms with Crippen LogP contribution < -0.4 is 0 Å². The summed E-state index contributed by atoms with van der Waals surface area (Å²) in [6.45, 7) is 6.17. The second-order valence-corrected chi connectivity index (χ2v) is 5.77. The van der Waals surface area contributed by atoms with Gasteiger partial charge in [-0.15, -0.1) is 11.3 Å². The first-order valence-electron chi connectivity index (χ1n) is 6.30. The number of thiophene rings is 1. The Kier molecular flexibility index (Phi) is 4.67. The van der Waals surface area contributed by atoms with Crippen LogP contribution in [0.25, 0.3) is 0 Å². The number of aromatic nitrogens is 1. The lowest BCUT2D eigenvalue weighted by Crippen LogP contribution is -2.29. The smallest absolute Gasteiger partial charge is 0.140 e. The van der Waals surface area contributed by atoms with Crippen molar-refractivity contribution in [1.82, 2.24) is 9.88 Å². The molecule has 0 N–H and O–H groups in total. The number of pyridine rings is 1. The summed E-state index contributed by atoms with van der Waals surface area (Å²) in [5.41, 5.74) is 1.62. The van der Waals surface area contributed by atoms with Gasteiger partial charge < -0.3 is 0 Å². The largest absolute Gasteiger partial charge is 0.292 e. The predicted octanol–water partition coefficient (Wildman–Crippen LogP) is 3.43. The van der Waals surface area contributed by atoms with Gasteiger partial charge >= 0.3 is 0 Å². The fourth-order valence-corrected chi connectivity index (χ4v) is 2.62. The van der Waals surface area contributed by atoms with Crippen molar-refractivity contribution in [2.75, 3.05) is 0 Å². The molecule has 19 heavy (non-hydrogen) atoms. The van der Waals surface area contributed by atoms with E-state index in [-0.39, 0.29) is 0 Å². The Bertz CT molecular complexity index is 555. The maximum Gasteiger partial charge on any atom is 0.140 e. The summed E-state index contributed by atoms with van der Waals surface area (Å²) in [5.74, 6) is 0. The Balaban J connectivity index is 2.10. The molecule has 2 aromatic heterocycles. The minimum absolute atomic E-state index is 0.459. The summed E-state index contributed by atoms with van der Waals surface area (Å²) in [4.78, 5) is 7.76. The molecule has 2 rings (SSSR count). The molecule has 0 aliphatic carbocycles. The molecule has 0 aromatic carbocycles. The Morgan fingerprint density at radius 3 is 2.84 bits per heavy atom. The van der Waals surface area contributed by atoms with Crippen LogP contribution in [0.3, 0.4) is 0 Å². The van der Waals surface area contributed by atoms with Crippen LogP contribution >= 0.6 is 11.3 Å². The van der Waals surface area contributed by atoms with Crippen molar-refractivity contribution in [2.45, 2.75) is 33.0 Å². The number of nitriles is 1. The van der Waals surface area contributed by atoms with Gasteiger partial charge in [-0.3, -0.25) is 4.90 Å². The van der Waals surface area contributed by atoms with E-state index in [1.807, 2.05) is 12.1 Å². The SMILES string of the molecule is CC(C)N(Cc1ccnc(C#N)c1)Cc1cccs1. The maximum atomic E-state index is 8.89. The van der Waals surface area contributed by atoms with Gasteiger partial charge in [-0.05, 0) is 43.0 Å². The van der Waals surface area contributed by atoms with Gasteiger partial charge in [0, 0.05) is 30.2 Å². The van der Waals surface area contributed by atoms with Crippen LogP contribution in [0.5, 0.6) is 0 Å². The van der Waals surface area contributed by atoms with Gasteiger partial charge in [0.25, 0.3) is 0 Å². The van der Waals surface area contributed by atoms with Crippen molar-refractivity contribution in [2.24, 2.45) is 0 Å². The zero-order valence-corrected chi connectivity index (χ0v) is 12.0. The van der Waals surface area contributed by atoms with Crippen LogP contribution in [-0.4, -0.2) is 15.9 Å². The van der Waals surface area contributed by atoms with Crippen molar-refractivity contribution in [3.05, 3.63) is 52.0 Å². The van der Waals surface area contributed by atoms with Crippen molar-refractivity contribution in [3.63, 3.8) is 0 Å². The molecule has 0 unspecified atom stereocenters. The van der Waals surface area contributed by atoms with Crippen molar-refractivity contribution in [3.8, 4) is 6.07 Å². The number of nitrogens with zero attached hydrogens (tertiary/aromatic N) is 3. The first-order chi connectivity index (χ1) is 9.19. The molecule has 4 heteroatoms. The maximum absolute atomic E-state index is 8.89. The lowest BCUT2D eigenvalue weighted by molar-refractivity contribution is 0.205. The lowest BCUT2D eigenvalue weighted by Gasteiger charge is -2.26. The minimum Gasteiger partial charge on any atom is -0.292 e.